The second-order valence-corrected chi connectivity index (χ2v) is 5.79. The van der Waals surface area contributed by atoms with Gasteiger partial charge in [0.15, 0.2) is 0 Å². The molecule has 0 aliphatic heterocycles. The fraction of sp³-hybridized carbons (Fsp3) is 0.846. The Morgan fingerprint density at radius 1 is 1.61 bits per heavy atom. The van der Waals surface area contributed by atoms with Gasteiger partial charge in [0.1, 0.15) is 12.2 Å². The van der Waals surface area contributed by atoms with Crippen molar-refractivity contribution in [1.82, 2.24) is 19.7 Å². The second kappa shape index (κ2) is 5.36. The molecule has 1 aromatic heterocycles. The van der Waals surface area contributed by atoms with Crippen molar-refractivity contribution in [2.24, 2.45) is 18.7 Å². The molecule has 2 N–H and O–H groups in total. The molecule has 1 saturated carbocycles. The van der Waals surface area contributed by atoms with E-state index in [1.165, 1.54) is 25.7 Å². The highest BCUT2D eigenvalue weighted by molar-refractivity contribution is 4.97. The quantitative estimate of drug-likeness (QED) is 0.872. The normalized spacial score (nSPS) is 28.8. The first kappa shape index (κ1) is 13.5. The molecule has 1 aliphatic rings. The van der Waals surface area contributed by atoms with Crippen LogP contribution in [0.2, 0.25) is 0 Å². The van der Waals surface area contributed by atoms with Crippen molar-refractivity contribution in [3.63, 3.8) is 0 Å². The first-order chi connectivity index (χ1) is 8.57. The third-order valence-corrected chi connectivity index (χ3v) is 4.44. The van der Waals surface area contributed by atoms with E-state index in [1.807, 2.05) is 11.7 Å². The van der Waals surface area contributed by atoms with E-state index < -0.39 is 0 Å². The van der Waals surface area contributed by atoms with E-state index in [1.54, 1.807) is 6.33 Å². The molecule has 2 rings (SSSR count). The van der Waals surface area contributed by atoms with Gasteiger partial charge in [0, 0.05) is 19.1 Å². The largest absolute Gasteiger partial charge is 0.329 e. The van der Waals surface area contributed by atoms with Crippen LogP contribution >= 0.6 is 0 Å². The molecule has 5 nitrogen and oxygen atoms in total. The van der Waals surface area contributed by atoms with Crippen molar-refractivity contribution >= 4 is 0 Å². The van der Waals surface area contributed by atoms with Gasteiger partial charge in [0.05, 0.1) is 6.54 Å². The average molecular weight is 251 g/mol. The van der Waals surface area contributed by atoms with Gasteiger partial charge in [-0.3, -0.25) is 9.58 Å². The van der Waals surface area contributed by atoms with Crippen LogP contribution in [0.25, 0.3) is 0 Å². The van der Waals surface area contributed by atoms with Gasteiger partial charge in [-0.05, 0) is 25.8 Å². The summed E-state index contributed by atoms with van der Waals surface area (Å²) in [6.07, 6.45) is 6.61. The highest BCUT2D eigenvalue weighted by atomic mass is 15.3. The Hall–Kier alpha value is -0.940. The summed E-state index contributed by atoms with van der Waals surface area (Å²) in [4.78, 5) is 6.69. The van der Waals surface area contributed by atoms with E-state index in [9.17, 15) is 0 Å². The Balaban J connectivity index is 2.09. The van der Waals surface area contributed by atoms with E-state index in [0.29, 0.717) is 0 Å². The van der Waals surface area contributed by atoms with Crippen molar-refractivity contribution in [1.29, 1.82) is 0 Å². The summed E-state index contributed by atoms with van der Waals surface area (Å²) >= 11 is 0. The van der Waals surface area contributed by atoms with Crippen LogP contribution in [0.3, 0.4) is 0 Å². The monoisotopic (exact) mass is 251 g/mol. The van der Waals surface area contributed by atoms with Crippen LogP contribution in [0.1, 0.15) is 38.4 Å². The van der Waals surface area contributed by atoms with E-state index >= 15 is 0 Å². The SMILES string of the molecule is CC1CCCC(CN)(N(C)Cc2ncnn2C)C1. The predicted molar refractivity (Wildman–Crippen MR) is 71.9 cm³/mol. The van der Waals surface area contributed by atoms with E-state index in [4.69, 9.17) is 5.73 Å². The summed E-state index contributed by atoms with van der Waals surface area (Å²) in [7, 11) is 4.11. The molecule has 0 bridgehead atoms. The zero-order valence-electron chi connectivity index (χ0n) is 11.8. The summed E-state index contributed by atoms with van der Waals surface area (Å²) in [5.41, 5.74) is 6.23. The first-order valence-corrected chi connectivity index (χ1v) is 6.81. The molecule has 102 valence electrons. The molecule has 1 aliphatic carbocycles. The summed E-state index contributed by atoms with van der Waals surface area (Å²) in [5, 5.41) is 4.13. The molecule has 2 unspecified atom stereocenters. The summed E-state index contributed by atoms with van der Waals surface area (Å²) in [6.45, 7) is 3.88. The molecule has 0 aromatic carbocycles. The zero-order chi connectivity index (χ0) is 13.2. The van der Waals surface area contributed by atoms with Crippen LogP contribution in [0.5, 0.6) is 0 Å². The van der Waals surface area contributed by atoms with Crippen LogP contribution in [0.4, 0.5) is 0 Å². The molecular formula is C13H25N5. The topological polar surface area (TPSA) is 60.0 Å². The third-order valence-electron chi connectivity index (χ3n) is 4.44. The number of nitrogens with zero attached hydrogens (tertiary/aromatic N) is 4. The Labute approximate surface area is 109 Å². The number of hydrogen-bond acceptors (Lipinski definition) is 4. The minimum atomic E-state index is 0.142. The van der Waals surface area contributed by atoms with Gasteiger partial charge in [0.2, 0.25) is 0 Å². The molecule has 0 amide bonds. The maximum absolute atomic E-state index is 6.08. The van der Waals surface area contributed by atoms with Gasteiger partial charge in [0.25, 0.3) is 0 Å². The van der Waals surface area contributed by atoms with Crippen LogP contribution in [-0.4, -0.2) is 38.8 Å². The van der Waals surface area contributed by atoms with Crippen molar-refractivity contribution in [2.75, 3.05) is 13.6 Å². The van der Waals surface area contributed by atoms with Crippen molar-refractivity contribution in [2.45, 2.75) is 44.7 Å². The van der Waals surface area contributed by atoms with Crippen LogP contribution in [0, 0.1) is 5.92 Å². The molecule has 5 heteroatoms. The number of rotatable bonds is 4. The standard InChI is InChI=1S/C13H25N5/c1-11-5-4-6-13(7-11,9-14)17(2)8-12-15-10-16-18(12)3/h10-11H,4-9,14H2,1-3H3. The fourth-order valence-corrected chi connectivity index (χ4v) is 3.16. The highest BCUT2D eigenvalue weighted by Gasteiger charge is 2.37. The van der Waals surface area contributed by atoms with E-state index in [2.05, 4.69) is 29.0 Å². The van der Waals surface area contributed by atoms with Crippen molar-refractivity contribution in [3.8, 4) is 0 Å². The molecule has 0 spiro atoms. The Morgan fingerprint density at radius 3 is 2.94 bits per heavy atom. The molecule has 1 heterocycles. The number of nitrogens with two attached hydrogens (primary N) is 1. The lowest BCUT2D eigenvalue weighted by Crippen LogP contribution is -2.54. The lowest BCUT2D eigenvalue weighted by molar-refractivity contribution is 0.0526. The molecular weight excluding hydrogens is 226 g/mol. The Morgan fingerprint density at radius 2 is 2.39 bits per heavy atom. The average Bonchev–Trinajstić information content (AvgIpc) is 2.75. The molecule has 1 aromatic rings. The van der Waals surface area contributed by atoms with Gasteiger partial charge in [-0.15, -0.1) is 0 Å². The van der Waals surface area contributed by atoms with Crippen LogP contribution in [-0.2, 0) is 13.6 Å². The number of aromatic nitrogens is 3. The maximum Gasteiger partial charge on any atom is 0.140 e. The smallest absolute Gasteiger partial charge is 0.140 e. The van der Waals surface area contributed by atoms with E-state index in [0.717, 1.165) is 24.8 Å². The van der Waals surface area contributed by atoms with Gasteiger partial charge in [-0.2, -0.15) is 5.10 Å². The van der Waals surface area contributed by atoms with E-state index in [-0.39, 0.29) is 5.54 Å². The molecule has 1 fully saturated rings. The molecule has 0 radical (unpaired) electrons. The lowest BCUT2D eigenvalue weighted by atomic mass is 9.75. The van der Waals surface area contributed by atoms with Crippen molar-refractivity contribution < 1.29 is 0 Å². The number of likely N-dealkylation sites (N-methyl/N-ethyl adjacent to an activating group) is 1. The lowest BCUT2D eigenvalue weighted by Gasteiger charge is -2.46. The third kappa shape index (κ3) is 2.57. The Kier molecular flexibility index (Phi) is 4.02. The van der Waals surface area contributed by atoms with Gasteiger partial charge < -0.3 is 5.73 Å². The fourth-order valence-electron chi connectivity index (χ4n) is 3.16. The Bertz CT molecular complexity index is 388. The van der Waals surface area contributed by atoms with Crippen LogP contribution in [0.15, 0.2) is 6.33 Å². The van der Waals surface area contributed by atoms with Gasteiger partial charge >= 0.3 is 0 Å². The van der Waals surface area contributed by atoms with Crippen LogP contribution < -0.4 is 5.73 Å². The van der Waals surface area contributed by atoms with Gasteiger partial charge in [-0.25, -0.2) is 4.98 Å². The zero-order valence-corrected chi connectivity index (χ0v) is 11.8. The molecule has 18 heavy (non-hydrogen) atoms. The first-order valence-electron chi connectivity index (χ1n) is 6.81. The molecule has 2 atom stereocenters. The summed E-state index contributed by atoms with van der Waals surface area (Å²) in [5.74, 6) is 1.77. The summed E-state index contributed by atoms with van der Waals surface area (Å²) < 4.78 is 1.84. The minimum Gasteiger partial charge on any atom is -0.329 e. The highest BCUT2D eigenvalue weighted by Crippen LogP contribution is 2.36. The number of hydrogen-bond donors (Lipinski definition) is 1. The molecule has 0 saturated heterocycles. The second-order valence-electron chi connectivity index (χ2n) is 5.79. The van der Waals surface area contributed by atoms with Crippen molar-refractivity contribution in [3.05, 3.63) is 12.2 Å². The summed E-state index contributed by atoms with van der Waals surface area (Å²) in [6, 6.07) is 0. The van der Waals surface area contributed by atoms with Gasteiger partial charge in [-0.1, -0.05) is 19.8 Å². The predicted octanol–water partition coefficient (Wildman–Crippen LogP) is 1.15. The maximum atomic E-state index is 6.08. The number of aryl methyl sites for hydroxylation is 1. The minimum absolute atomic E-state index is 0.142.